The van der Waals surface area contributed by atoms with Crippen LogP contribution in [0.2, 0.25) is 0 Å². The van der Waals surface area contributed by atoms with Crippen molar-refractivity contribution in [1.29, 1.82) is 0 Å². The normalized spacial score (nSPS) is 13.0. The average molecular weight is 148 g/mol. The van der Waals surface area contributed by atoms with Gasteiger partial charge >= 0.3 is 11.4 Å². The van der Waals surface area contributed by atoms with E-state index in [1.165, 1.54) is 18.7 Å². The Hall–Kier alpha value is -0.880. The zero-order chi connectivity index (χ0) is 6.69. The topological polar surface area (TPSA) is 64.3 Å². The van der Waals surface area contributed by atoms with Crippen molar-refractivity contribution in [1.82, 2.24) is 9.71 Å². The summed E-state index contributed by atoms with van der Waals surface area (Å²) >= 11 is -2.27. The fourth-order valence-corrected chi connectivity index (χ4v) is 0.600. The van der Waals surface area contributed by atoms with Crippen molar-refractivity contribution >= 4 is 11.4 Å². The molecule has 0 spiro atoms. The third-order valence-electron chi connectivity index (χ3n) is 0.630. The van der Waals surface area contributed by atoms with E-state index in [-0.39, 0.29) is 0 Å². The van der Waals surface area contributed by atoms with Gasteiger partial charge in [-0.05, 0) is 0 Å². The van der Waals surface area contributed by atoms with Crippen LogP contribution in [0.3, 0.4) is 0 Å². The minimum Gasteiger partial charge on any atom is -0.284 e. The molecule has 0 aliphatic rings. The number of hydrogen-bond donors (Lipinski definition) is 1. The van der Waals surface area contributed by atoms with Crippen LogP contribution in [0.5, 0.6) is 0 Å². The SMILES string of the molecule is O=S(O)On1ccnc1. The van der Waals surface area contributed by atoms with Crippen molar-refractivity contribution in [2.75, 3.05) is 0 Å². The number of aromatic nitrogens is 2. The minimum absolute atomic E-state index is 1.04. The molecule has 0 bridgehead atoms. The lowest BCUT2D eigenvalue weighted by atomic mass is 11.0. The second kappa shape index (κ2) is 2.60. The third-order valence-corrected chi connectivity index (χ3v) is 0.930. The van der Waals surface area contributed by atoms with Gasteiger partial charge in [-0.2, -0.15) is 8.94 Å². The standard InChI is InChI=1S/C3H4N2O3S/c6-9(7)8-5-2-1-4-3-5/h1-3H,(H,6,7). The molecule has 6 heteroatoms. The second-order valence-corrected chi connectivity index (χ2v) is 1.80. The predicted molar refractivity (Wildman–Crippen MR) is 29.6 cm³/mol. The molecular weight excluding hydrogens is 144 g/mol. The van der Waals surface area contributed by atoms with E-state index in [4.69, 9.17) is 4.55 Å². The highest BCUT2D eigenvalue weighted by Gasteiger charge is 1.92. The molecule has 0 amide bonds. The van der Waals surface area contributed by atoms with Crippen molar-refractivity contribution in [2.24, 2.45) is 0 Å². The molecule has 1 aromatic heterocycles. The molecule has 1 rings (SSSR count). The third kappa shape index (κ3) is 1.82. The highest BCUT2D eigenvalue weighted by molar-refractivity contribution is 7.74. The van der Waals surface area contributed by atoms with Gasteiger partial charge in [0, 0.05) is 6.20 Å². The molecule has 1 atom stereocenters. The molecule has 1 heterocycles. The number of imidazole rings is 1. The minimum atomic E-state index is -2.27. The molecule has 0 saturated heterocycles. The zero-order valence-electron chi connectivity index (χ0n) is 4.30. The van der Waals surface area contributed by atoms with Gasteiger partial charge in [0.15, 0.2) is 0 Å². The van der Waals surface area contributed by atoms with E-state index in [0.29, 0.717) is 0 Å². The van der Waals surface area contributed by atoms with Crippen LogP contribution < -0.4 is 4.28 Å². The molecule has 0 aromatic carbocycles. The van der Waals surface area contributed by atoms with Crippen molar-refractivity contribution < 1.29 is 13.0 Å². The van der Waals surface area contributed by atoms with Crippen LogP contribution in [-0.4, -0.2) is 18.5 Å². The van der Waals surface area contributed by atoms with Crippen molar-refractivity contribution in [3.8, 4) is 0 Å². The van der Waals surface area contributed by atoms with Crippen molar-refractivity contribution in [3.05, 3.63) is 18.7 Å². The fraction of sp³-hybridized carbons (Fsp3) is 0. The van der Waals surface area contributed by atoms with Crippen LogP contribution in [0, 0.1) is 0 Å². The molecule has 5 nitrogen and oxygen atoms in total. The largest absolute Gasteiger partial charge is 0.377 e. The average Bonchev–Trinajstić information content (AvgIpc) is 2.15. The maximum atomic E-state index is 9.91. The van der Waals surface area contributed by atoms with Crippen LogP contribution in [0.25, 0.3) is 0 Å². The van der Waals surface area contributed by atoms with Gasteiger partial charge in [-0.1, -0.05) is 0 Å². The molecule has 50 valence electrons. The quantitative estimate of drug-likeness (QED) is 0.571. The molecular formula is C3H4N2O3S. The monoisotopic (exact) mass is 148 g/mol. The van der Waals surface area contributed by atoms with E-state index in [1.807, 2.05) is 0 Å². The lowest BCUT2D eigenvalue weighted by Crippen LogP contribution is -2.10. The first-order valence-corrected chi connectivity index (χ1v) is 3.10. The van der Waals surface area contributed by atoms with Gasteiger partial charge in [0.05, 0.1) is 6.20 Å². The van der Waals surface area contributed by atoms with Gasteiger partial charge < -0.3 is 0 Å². The van der Waals surface area contributed by atoms with Gasteiger partial charge in [-0.3, -0.25) is 8.84 Å². The summed E-state index contributed by atoms with van der Waals surface area (Å²) in [6.45, 7) is 0. The first-order chi connectivity index (χ1) is 4.29. The van der Waals surface area contributed by atoms with E-state index in [0.717, 1.165) is 4.73 Å². The lowest BCUT2D eigenvalue weighted by Gasteiger charge is -1.94. The summed E-state index contributed by atoms with van der Waals surface area (Å²) < 4.78 is 23.3. The van der Waals surface area contributed by atoms with Crippen LogP contribution in [-0.2, 0) is 11.4 Å². The summed E-state index contributed by atoms with van der Waals surface area (Å²) in [6.07, 6.45) is 4.12. The Bertz CT molecular complexity index is 197. The maximum Gasteiger partial charge on any atom is 0.377 e. The zero-order valence-corrected chi connectivity index (χ0v) is 5.11. The first kappa shape index (κ1) is 6.24. The van der Waals surface area contributed by atoms with E-state index in [1.54, 1.807) is 0 Å². The Kier molecular flexibility index (Phi) is 1.81. The molecule has 1 unspecified atom stereocenters. The van der Waals surface area contributed by atoms with E-state index >= 15 is 0 Å². The van der Waals surface area contributed by atoms with Gasteiger partial charge in [0.25, 0.3) is 0 Å². The van der Waals surface area contributed by atoms with E-state index < -0.39 is 11.4 Å². The molecule has 1 N–H and O–H groups in total. The smallest absolute Gasteiger partial charge is 0.284 e. The number of nitrogens with zero attached hydrogens (tertiary/aromatic N) is 2. The predicted octanol–water partition coefficient (Wildman–Crippen LogP) is -0.552. The van der Waals surface area contributed by atoms with Gasteiger partial charge in [0.1, 0.15) is 6.33 Å². The summed E-state index contributed by atoms with van der Waals surface area (Å²) in [6, 6.07) is 0. The Labute approximate surface area is 53.7 Å². The van der Waals surface area contributed by atoms with E-state index in [2.05, 4.69) is 9.27 Å². The highest BCUT2D eigenvalue weighted by atomic mass is 32.2. The Balaban J connectivity index is 2.58. The number of rotatable bonds is 2. The van der Waals surface area contributed by atoms with Crippen molar-refractivity contribution in [3.63, 3.8) is 0 Å². The first-order valence-electron chi connectivity index (χ1n) is 2.06. The van der Waals surface area contributed by atoms with Crippen LogP contribution in [0.1, 0.15) is 0 Å². The fourth-order valence-electron chi connectivity index (χ4n) is 0.365. The Morgan fingerprint density at radius 1 is 1.78 bits per heavy atom. The van der Waals surface area contributed by atoms with Gasteiger partial charge in [-0.15, -0.1) is 0 Å². The van der Waals surface area contributed by atoms with Crippen molar-refractivity contribution in [2.45, 2.75) is 0 Å². The molecule has 0 radical (unpaired) electrons. The lowest BCUT2D eigenvalue weighted by molar-refractivity contribution is 0.270. The molecule has 0 aliphatic carbocycles. The van der Waals surface area contributed by atoms with E-state index in [9.17, 15) is 4.21 Å². The Morgan fingerprint density at radius 3 is 3.00 bits per heavy atom. The summed E-state index contributed by atoms with van der Waals surface area (Å²) in [5.74, 6) is 0. The summed E-state index contributed by atoms with van der Waals surface area (Å²) in [7, 11) is 0. The van der Waals surface area contributed by atoms with Crippen LogP contribution in [0.15, 0.2) is 18.7 Å². The molecule has 9 heavy (non-hydrogen) atoms. The van der Waals surface area contributed by atoms with Gasteiger partial charge in [-0.25, -0.2) is 4.98 Å². The summed E-state index contributed by atoms with van der Waals surface area (Å²) in [4.78, 5) is 3.57. The number of hydrogen-bond acceptors (Lipinski definition) is 3. The maximum absolute atomic E-state index is 9.91. The molecule has 0 saturated carbocycles. The summed E-state index contributed by atoms with van der Waals surface area (Å²) in [5.41, 5.74) is 0. The summed E-state index contributed by atoms with van der Waals surface area (Å²) in [5, 5.41) is 0. The molecule has 0 fully saturated rings. The molecule has 1 aromatic rings. The Morgan fingerprint density at radius 2 is 2.56 bits per heavy atom. The van der Waals surface area contributed by atoms with Gasteiger partial charge in [0.2, 0.25) is 0 Å². The van der Waals surface area contributed by atoms with Crippen LogP contribution in [0.4, 0.5) is 0 Å². The highest BCUT2D eigenvalue weighted by Crippen LogP contribution is 1.80. The van der Waals surface area contributed by atoms with Crippen LogP contribution >= 0.6 is 0 Å². The molecule has 0 aliphatic heterocycles. The second-order valence-electron chi connectivity index (χ2n) is 1.21.